The Morgan fingerprint density at radius 1 is 1.02 bits per heavy atom. The van der Waals surface area contributed by atoms with Crippen LogP contribution < -0.4 is 10.6 Å². The van der Waals surface area contributed by atoms with Gasteiger partial charge in [0.15, 0.2) is 0 Å². The Morgan fingerprint density at radius 2 is 1.69 bits per heavy atom. The normalized spacial score (nSPS) is 20.4. The fraction of sp³-hybridized carbons (Fsp3) is 0.667. The summed E-state index contributed by atoms with van der Waals surface area (Å²) >= 11 is 0. The molecule has 0 radical (unpaired) electrons. The predicted molar refractivity (Wildman–Crippen MR) is 186 cm³/mol. The van der Waals surface area contributed by atoms with E-state index in [0.717, 1.165) is 25.8 Å². The summed E-state index contributed by atoms with van der Waals surface area (Å²) in [7, 11) is 1.72. The summed E-state index contributed by atoms with van der Waals surface area (Å²) in [5.41, 5.74) is 0.409. The van der Waals surface area contributed by atoms with Gasteiger partial charge in [0.2, 0.25) is 23.6 Å². The number of nitro benzene ring substituents is 1. The molecule has 2 aliphatic rings. The summed E-state index contributed by atoms with van der Waals surface area (Å²) in [6, 6.07) is 4.15. The third-order valence-corrected chi connectivity index (χ3v) is 9.55. The number of carbonyl (C=O) groups excluding carboxylic acids is 4. The van der Waals surface area contributed by atoms with Crippen molar-refractivity contribution in [3.63, 3.8) is 0 Å². The number of rotatable bonds is 12. The summed E-state index contributed by atoms with van der Waals surface area (Å²) in [6.07, 6.45) is 5.75. The second-order valence-corrected chi connectivity index (χ2v) is 15.0. The van der Waals surface area contributed by atoms with Crippen LogP contribution in [0, 0.1) is 21.4 Å². The fourth-order valence-corrected chi connectivity index (χ4v) is 6.77. The summed E-state index contributed by atoms with van der Waals surface area (Å²) in [5.74, 6) is -0.985. The van der Waals surface area contributed by atoms with Crippen LogP contribution in [0.15, 0.2) is 35.9 Å². The van der Waals surface area contributed by atoms with Crippen LogP contribution in [0.25, 0.3) is 0 Å². The zero-order valence-electron chi connectivity index (χ0n) is 30.2. The third-order valence-electron chi connectivity index (χ3n) is 9.55. The Labute approximate surface area is 285 Å². The quantitative estimate of drug-likeness (QED) is 0.191. The molecule has 266 valence electrons. The van der Waals surface area contributed by atoms with Gasteiger partial charge in [-0.2, -0.15) is 0 Å². The molecule has 2 fully saturated rings. The number of nitrogens with zero attached hydrogens (tertiary/aromatic N) is 4. The maximum Gasteiger partial charge on any atom is 0.269 e. The highest BCUT2D eigenvalue weighted by Crippen LogP contribution is 2.27. The molecule has 0 aromatic heterocycles. The minimum Gasteiger partial charge on any atom is -0.350 e. The average molecular weight is 669 g/mol. The fourth-order valence-electron chi connectivity index (χ4n) is 6.77. The number of piperidine rings is 1. The number of nitro groups is 1. The Kier molecular flexibility index (Phi) is 13.3. The highest BCUT2D eigenvalue weighted by molar-refractivity contribution is 5.97. The van der Waals surface area contributed by atoms with Crippen molar-refractivity contribution in [2.24, 2.45) is 11.3 Å². The van der Waals surface area contributed by atoms with Crippen LogP contribution in [0.4, 0.5) is 5.69 Å². The van der Waals surface area contributed by atoms with Crippen LogP contribution >= 0.6 is 0 Å². The molecule has 2 heterocycles. The summed E-state index contributed by atoms with van der Waals surface area (Å²) in [6.45, 7) is 17.1. The van der Waals surface area contributed by atoms with Crippen molar-refractivity contribution in [3.05, 3.63) is 51.6 Å². The molecule has 1 aromatic carbocycles. The van der Waals surface area contributed by atoms with E-state index in [1.165, 1.54) is 12.1 Å². The van der Waals surface area contributed by atoms with Gasteiger partial charge in [-0.15, -0.1) is 0 Å². The van der Waals surface area contributed by atoms with E-state index in [1.807, 2.05) is 34.6 Å². The van der Waals surface area contributed by atoms with Gasteiger partial charge in [-0.1, -0.05) is 59.2 Å². The second kappa shape index (κ2) is 16.5. The van der Waals surface area contributed by atoms with Crippen molar-refractivity contribution in [2.75, 3.05) is 20.1 Å². The van der Waals surface area contributed by atoms with Crippen LogP contribution in [0.2, 0.25) is 0 Å². The van der Waals surface area contributed by atoms with E-state index in [4.69, 9.17) is 0 Å². The molecular formula is C36H56N6O6. The lowest BCUT2D eigenvalue weighted by Crippen LogP contribution is -2.60. The first-order chi connectivity index (χ1) is 22.4. The minimum absolute atomic E-state index is 0.0413. The molecule has 0 aliphatic carbocycles. The Balaban J connectivity index is 1.74. The molecule has 12 nitrogen and oxygen atoms in total. The highest BCUT2D eigenvalue weighted by Gasteiger charge is 2.40. The summed E-state index contributed by atoms with van der Waals surface area (Å²) in [4.78, 5) is 70.7. The second-order valence-electron chi connectivity index (χ2n) is 15.0. The Morgan fingerprint density at radius 3 is 2.29 bits per heavy atom. The monoisotopic (exact) mass is 668 g/mol. The van der Waals surface area contributed by atoms with E-state index >= 15 is 0 Å². The van der Waals surface area contributed by atoms with E-state index in [2.05, 4.69) is 29.4 Å². The topological polar surface area (TPSA) is 145 Å². The molecule has 4 amide bonds. The van der Waals surface area contributed by atoms with E-state index in [0.29, 0.717) is 30.5 Å². The predicted octanol–water partition coefficient (Wildman–Crippen LogP) is 4.43. The van der Waals surface area contributed by atoms with Gasteiger partial charge >= 0.3 is 0 Å². The zero-order valence-corrected chi connectivity index (χ0v) is 30.2. The SMILES string of the molecule is C/C(=C\[C@H](C(C)C)N(C)C(=O)[C@@H](NC(=O)[C@H]1CCCCN1C(C)C)C(C)(C)C)C(=O)N1CCC[C@H]1C(=O)NCc1cccc([N+](=O)[O-])c1. The van der Waals surface area contributed by atoms with Gasteiger partial charge in [-0.3, -0.25) is 34.2 Å². The molecule has 0 spiro atoms. The van der Waals surface area contributed by atoms with E-state index < -0.39 is 28.5 Å². The van der Waals surface area contributed by atoms with Crippen molar-refractivity contribution in [1.29, 1.82) is 0 Å². The number of hydrogen-bond acceptors (Lipinski definition) is 7. The highest BCUT2D eigenvalue weighted by atomic mass is 16.6. The van der Waals surface area contributed by atoms with Gasteiger partial charge in [0, 0.05) is 43.9 Å². The number of nitrogens with one attached hydrogen (secondary N) is 2. The van der Waals surface area contributed by atoms with Crippen LogP contribution in [-0.2, 0) is 25.7 Å². The van der Waals surface area contributed by atoms with E-state index in [9.17, 15) is 29.3 Å². The summed E-state index contributed by atoms with van der Waals surface area (Å²) < 4.78 is 0. The first-order valence-corrected chi connectivity index (χ1v) is 17.3. The van der Waals surface area contributed by atoms with Crippen molar-refractivity contribution in [1.82, 2.24) is 25.3 Å². The zero-order chi connectivity index (χ0) is 35.9. The lowest BCUT2D eigenvalue weighted by molar-refractivity contribution is -0.384. The summed E-state index contributed by atoms with van der Waals surface area (Å²) in [5, 5.41) is 17.1. The molecule has 3 rings (SSSR count). The van der Waals surface area contributed by atoms with Crippen LogP contribution in [0.5, 0.6) is 0 Å². The van der Waals surface area contributed by atoms with Crippen molar-refractivity contribution in [2.45, 2.75) is 124 Å². The molecule has 2 N–H and O–H groups in total. The number of carbonyl (C=O) groups is 4. The molecule has 0 bridgehead atoms. The van der Waals surface area contributed by atoms with Crippen molar-refractivity contribution in [3.8, 4) is 0 Å². The van der Waals surface area contributed by atoms with Crippen LogP contribution in [0.3, 0.4) is 0 Å². The Hall–Kier alpha value is -3.80. The Bertz CT molecular complexity index is 1370. The molecule has 48 heavy (non-hydrogen) atoms. The van der Waals surface area contributed by atoms with E-state index in [-0.39, 0.29) is 53.9 Å². The number of hydrogen-bond donors (Lipinski definition) is 2. The first-order valence-electron chi connectivity index (χ1n) is 17.3. The standard InChI is InChI=1S/C36H56N6O6/c1-23(2)30(39(9)35(46)31(36(6,7)8)38-33(44)29-16-10-11-18-40(29)24(3)4)20-25(5)34(45)41-19-13-17-28(41)32(43)37-22-26-14-12-15-27(21-26)42(47)48/h12,14-15,20-21,23-24,28-31H,10-11,13,16-19,22H2,1-9H3,(H,37,43)(H,38,44)/b25-20+/t28-,29+,30+,31+/m0/s1. The molecule has 0 unspecified atom stereocenters. The van der Waals surface area contributed by atoms with Gasteiger partial charge in [-0.25, -0.2) is 0 Å². The van der Waals surface area contributed by atoms with Gasteiger partial charge in [0.1, 0.15) is 12.1 Å². The smallest absolute Gasteiger partial charge is 0.269 e. The first kappa shape index (κ1) is 38.6. The number of amides is 4. The van der Waals surface area contributed by atoms with Gasteiger partial charge in [0.05, 0.1) is 17.0 Å². The van der Waals surface area contributed by atoms with Crippen LogP contribution in [-0.4, -0.2) is 93.6 Å². The number of likely N-dealkylation sites (N-methyl/N-ethyl adjacent to an activating group) is 1. The molecule has 2 aliphatic heterocycles. The molecule has 12 heteroatoms. The van der Waals surface area contributed by atoms with Crippen molar-refractivity contribution >= 4 is 29.3 Å². The third kappa shape index (κ3) is 9.64. The minimum atomic E-state index is -0.769. The van der Waals surface area contributed by atoms with Gasteiger partial charge in [0.25, 0.3) is 5.69 Å². The molecule has 4 atom stereocenters. The maximum absolute atomic E-state index is 14.1. The lowest BCUT2D eigenvalue weighted by atomic mass is 9.84. The van der Waals surface area contributed by atoms with E-state index in [1.54, 1.807) is 42.0 Å². The van der Waals surface area contributed by atoms with Crippen LogP contribution in [0.1, 0.15) is 93.1 Å². The largest absolute Gasteiger partial charge is 0.350 e. The molecule has 0 saturated carbocycles. The number of likely N-dealkylation sites (tertiary alicyclic amines) is 2. The van der Waals surface area contributed by atoms with Gasteiger partial charge in [-0.05, 0) is 69.9 Å². The van der Waals surface area contributed by atoms with Gasteiger partial charge < -0.3 is 20.4 Å². The van der Waals surface area contributed by atoms with Crippen molar-refractivity contribution < 1.29 is 24.1 Å². The average Bonchev–Trinajstić information content (AvgIpc) is 3.53. The number of non-ortho nitro benzene ring substituents is 1. The maximum atomic E-state index is 14.1. The lowest BCUT2D eigenvalue weighted by Gasteiger charge is -2.41. The molecular weight excluding hydrogens is 612 g/mol. The molecule has 2 saturated heterocycles. The molecule has 1 aromatic rings. The number of benzene rings is 1.